The van der Waals surface area contributed by atoms with Gasteiger partial charge in [0.1, 0.15) is 5.71 Å². The molecule has 0 unspecified atom stereocenters. The van der Waals surface area contributed by atoms with Crippen LogP contribution in [0.25, 0.3) is 0 Å². The van der Waals surface area contributed by atoms with Crippen LogP contribution >= 0.6 is 11.8 Å². The van der Waals surface area contributed by atoms with Gasteiger partial charge >= 0.3 is 0 Å². The molecule has 126 valence electrons. The Bertz CT molecular complexity index is 709. The average Bonchev–Trinajstić information content (AvgIpc) is 3.20. The van der Waals surface area contributed by atoms with Crippen LogP contribution < -0.4 is 4.90 Å². The summed E-state index contributed by atoms with van der Waals surface area (Å²) >= 11 is 1.62. The fraction of sp³-hybridized carbons (Fsp3) is 0.471. The smallest absolute Gasteiger partial charge is 0.278 e. The summed E-state index contributed by atoms with van der Waals surface area (Å²) in [7, 11) is 2.14. The Morgan fingerprint density at radius 1 is 1.21 bits per heavy atom. The third-order valence-electron chi connectivity index (χ3n) is 4.61. The molecule has 1 aromatic rings. The predicted molar refractivity (Wildman–Crippen MR) is 99.2 cm³/mol. The van der Waals surface area contributed by atoms with Crippen molar-refractivity contribution in [1.82, 2.24) is 9.80 Å². The minimum atomic E-state index is -0.00896. The Balaban J connectivity index is 1.60. The fourth-order valence-corrected chi connectivity index (χ4v) is 3.89. The van der Waals surface area contributed by atoms with Gasteiger partial charge in [-0.05, 0) is 13.1 Å². The first-order chi connectivity index (χ1) is 11.7. The molecule has 4 rings (SSSR count). The summed E-state index contributed by atoms with van der Waals surface area (Å²) < 4.78 is 0. The lowest BCUT2D eigenvalue weighted by Gasteiger charge is -2.34. The highest BCUT2D eigenvalue weighted by Crippen LogP contribution is 2.30. The normalized spacial score (nSPS) is 23.9. The van der Waals surface area contributed by atoms with Gasteiger partial charge in [-0.25, -0.2) is 4.99 Å². The topological polar surface area (TPSA) is 51.5 Å². The van der Waals surface area contributed by atoms with Crippen LogP contribution in [0.2, 0.25) is 0 Å². The number of amides is 1. The molecule has 0 aromatic heterocycles. The van der Waals surface area contributed by atoms with Crippen molar-refractivity contribution in [2.75, 3.05) is 57.1 Å². The van der Waals surface area contributed by atoms with Crippen LogP contribution in [0.3, 0.4) is 0 Å². The molecule has 0 aliphatic carbocycles. The molecule has 0 atom stereocenters. The molecule has 0 bridgehead atoms. The Kier molecular flexibility index (Phi) is 4.39. The molecule has 24 heavy (non-hydrogen) atoms. The summed E-state index contributed by atoms with van der Waals surface area (Å²) in [5.74, 6) is 0.942. The van der Waals surface area contributed by atoms with E-state index in [4.69, 9.17) is 0 Å². The summed E-state index contributed by atoms with van der Waals surface area (Å²) in [6.45, 7) is 5.46. The van der Waals surface area contributed by atoms with Crippen molar-refractivity contribution < 1.29 is 4.79 Å². The molecule has 6 nitrogen and oxygen atoms in total. The minimum Gasteiger partial charge on any atom is -0.304 e. The first-order valence-electron chi connectivity index (χ1n) is 8.30. The maximum atomic E-state index is 13.0. The van der Waals surface area contributed by atoms with E-state index in [9.17, 15) is 4.79 Å². The van der Waals surface area contributed by atoms with E-state index in [0.717, 1.165) is 54.9 Å². The molecular weight excluding hydrogens is 322 g/mol. The SMILES string of the molecule is CN1CCN(CN2C(=O)C(=NC3=NCCS3)c3ccccc32)CC1. The third-order valence-corrected chi connectivity index (χ3v) is 5.48. The van der Waals surface area contributed by atoms with Gasteiger partial charge in [0.25, 0.3) is 5.91 Å². The van der Waals surface area contributed by atoms with Gasteiger partial charge in [0.05, 0.1) is 18.9 Å². The number of fused-ring (bicyclic) bond motifs is 1. The number of carbonyl (C=O) groups is 1. The molecule has 3 aliphatic heterocycles. The first kappa shape index (κ1) is 15.8. The highest BCUT2D eigenvalue weighted by atomic mass is 32.2. The van der Waals surface area contributed by atoms with Crippen molar-refractivity contribution in [3.05, 3.63) is 29.8 Å². The van der Waals surface area contributed by atoms with Crippen LogP contribution in [-0.2, 0) is 4.79 Å². The van der Waals surface area contributed by atoms with E-state index < -0.39 is 0 Å². The van der Waals surface area contributed by atoms with Crippen LogP contribution in [0.5, 0.6) is 0 Å². The minimum absolute atomic E-state index is 0.00896. The van der Waals surface area contributed by atoms with Crippen LogP contribution in [-0.4, -0.2) is 78.8 Å². The number of thioether (sulfide) groups is 1. The second-order valence-electron chi connectivity index (χ2n) is 6.29. The van der Waals surface area contributed by atoms with Crippen molar-refractivity contribution in [1.29, 1.82) is 0 Å². The molecule has 7 heteroatoms. The highest BCUT2D eigenvalue weighted by Gasteiger charge is 2.35. The molecule has 0 spiro atoms. The van der Waals surface area contributed by atoms with Crippen molar-refractivity contribution in [3.8, 4) is 0 Å². The Hall–Kier alpha value is -1.70. The summed E-state index contributed by atoms with van der Waals surface area (Å²) in [6, 6.07) is 7.93. The second-order valence-corrected chi connectivity index (χ2v) is 7.35. The van der Waals surface area contributed by atoms with Gasteiger partial charge < -0.3 is 4.90 Å². The molecule has 3 heterocycles. The molecule has 3 aliphatic rings. The zero-order valence-electron chi connectivity index (χ0n) is 13.8. The molecule has 1 saturated heterocycles. The lowest BCUT2D eigenvalue weighted by molar-refractivity contribution is -0.112. The molecule has 0 N–H and O–H groups in total. The van der Waals surface area contributed by atoms with E-state index in [1.165, 1.54) is 0 Å². The number of piperazine rings is 1. The van der Waals surface area contributed by atoms with E-state index in [1.807, 2.05) is 29.2 Å². The summed E-state index contributed by atoms with van der Waals surface area (Å²) in [5, 5.41) is 0.731. The molecule has 0 radical (unpaired) electrons. The maximum absolute atomic E-state index is 13.0. The number of anilines is 1. The predicted octanol–water partition coefficient (Wildman–Crippen LogP) is 1.13. The Labute approximate surface area is 146 Å². The van der Waals surface area contributed by atoms with Gasteiger partial charge in [0.15, 0.2) is 5.17 Å². The van der Waals surface area contributed by atoms with Crippen LogP contribution in [0, 0.1) is 0 Å². The zero-order chi connectivity index (χ0) is 16.5. The monoisotopic (exact) mass is 343 g/mol. The van der Waals surface area contributed by atoms with E-state index >= 15 is 0 Å². The third kappa shape index (κ3) is 2.99. The summed E-state index contributed by atoms with van der Waals surface area (Å²) in [5.41, 5.74) is 2.42. The molecule has 1 fully saturated rings. The van der Waals surface area contributed by atoms with Gasteiger partial charge in [0.2, 0.25) is 0 Å². The maximum Gasteiger partial charge on any atom is 0.278 e. The number of benzene rings is 1. The first-order valence-corrected chi connectivity index (χ1v) is 9.29. The van der Waals surface area contributed by atoms with Crippen LogP contribution in [0.15, 0.2) is 34.3 Å². The van der Waals surface area contributed by atoms with Gasteiger partial charge in [-0.2, -0.15) is 0 Å². The Morgan fingerprint density at radius 2 is 2.00 bits per heavy atom. The number of para-hydroxylation sites is 1. The molecule has 1 aromatic carbocycles. The van der Waals surface area contributed by atoms with Gasteiger partial charge in [-0.15, -0.1) is 0 Å². The van der Waals surface area contributed by atoms with Crippen molar-refractivity contribution in [3.63, 3.8) is 0 Å². The largest absolute Gasteiger partial charge is 0.304 e. The fourth-order valence-electron chi connectivity index (χ4n) is 3.19. The zero-order valence-corrected chi connectivity index (χ0v) is 14.6. The lowest BCUT2D eigenvalue weighted by atomic mass is 10.1. The standard InChI is InChI=1S/C17H21N5OS/c1-20-7-9-21(10-8-20)12-22-14-5-3-2-4-13(14)15(16(22)23)19-17-18-6-11-24-17/h2-5H,6-12H2,1H3. The van der Waals surface area contributed by atoms with E-state index in [2.05, 4.69) is 26.8 Å². The number of hydrogen-bond donors (Lipinski definition) is 0. The number of likely N-dealkylation sites (N-methyl/N-ethyl adjacent to an activating group) is 1. The van der Waals surface area contributed by atoms with E-state index in [0.29, 0.717) is 12.4 Å². The second kappa shape index (κ2) is 6.66. The number of hydrogen-bond acceptors (Lipinski definition) is 6. The highest BCUT2D eigenvalue weighted by molar-refractivity contribution is 8.14. The van der Waals surface area contributed by atoms with Gasteiger partial charge in [0, 0.05) is 37.5 Å². The molecule has 1 amide bonds. The van der Waals surface area contributed by atoms with E-state index in [-0.39, 0.29) is 5.91 Å². The average molecular weight is 343 g/mol. The van der Waals surface area contributed by atoms with E-state index in [1.54, 1.807) is 11.8 Å². The number of amidine groups is 1. The lowest BCUT2D eigenvalue weighted by Crippen LogP contribution is -2.50. The Morgan fingerprint density at radius 3 is 2.75 bits per heavy atom. The number of carbonyl (C=O) groups excluding carboxylic acids is 1. The summed E-state index contributed by atoms with van der Waals surface area (Å²) in [6.07, 6.45) is 0. The number of aliphatic imine (C=N–C) groups is 2. The van der Waals surface area contributed by atoms with Crippen molar-refractivity contribution >= 4 is 34.2 Å². The quantitative estimate of drug-likeness (QED) is 0.808. The van der Waals surface area contributed by atoms with Crippen molar-refractivity contribution in [2.45, 2.75) is 0 Å². The molecule has 0 saturated carbocycles. The van der Waals surface area contributed by atoms with Crippen LogP contribution in [0.1, 0.15) is 5.56 Å². The van der Waals surface area contributed by atoms with Crippen LogP contribution in [0.4, 0.5) is 5.69 Å². The number of nitrogens with zero attached hydrogens (tertiary/aromatic N) is 5. The van der Waals surface area contributed by atoms with Gasteiger partial charge in [-0.3, -0.25) is 19.6 Å². The number of rotatable bonds is 2. The van der Waals surface area contributed by atoms with Gasteiger partial charge in [-0.1, -0.05) is 30.0 Å². The summed E-state index contributed by atoms with van der Waals surface area (Å²) in [4.78, 5) is 28.4. The molecular formula is C17H21N5OS. The van der Waals surface area contributed by atoms with Crippen molar-refractivity contribution in [2.24, 2.45) is 9.98 Å².